The Labute approximate surface area is 125 Å². The zero-order valence-electron chi connectivity index (χ0n) is 11.8. The van der Waals surface area contributed by atoms with Crippen molar-refractivity contribution in [2.24, 2.45) is 11.7 Å². The highest BCUT2D eigenvalue weighted by Crippen LogP contribution is 2.32. The molecule has 2 atom stereocenters. The number of aromatic nitrogens is 4. The average molecular weight is 302 g/mol. The van der Waals surface area contributed by atoms with Crippen LogP contribution >= 0.6 is 0 Å². The molecule has 9 nitrogen and oxygen atoms in total. The molecule has 0 aromatic carbocycles. The van der Waals surface area contributed by atoms with Crippen LogP contribution in [0, 0.1) is 12.8 Å². The van der Waals surface area contributed by atoms with Crippen molar-refractivity contribution in [2.75, 3.05) is 13.1 Å². The molecule has 2 aromatic rings. The predicted octanol–water partition coefficient (Wildman–Crippen LogP) is -0.491. The summed E-state index contributed by atoms with van der Waals surface area (Å²) in [6.07, 6.45) is 2.79. The molecule has 2 aromatic heterocycles. The van der Waals surface area contributed by atoms with Gasteiger partial charge in [-0.15, -0.1) is 0 Å². The van der Waals surface area contributed by atoms with Crippen molar-refractivity contribution in [3.8, 4) is 0 Å². The fraction of sp³-hybridized carbons (Fsp3) is 0.385. The van der Waals surface area contributed by atoms with E-state index in [1.807, 2.05) is 0 Å². The zero-order chi connectivity index (χ0) is 15.7. The minimum atomic E-state index is -0.564. The van der Waals surface area contributed by atoms with Crippen LogP contribution in [0.1, 0.15) is 28.1 Å². The number of primary amides is 1. The lowest BCUT2D eigenvalue weighted by Crippen LogP contribution is -2.32. The van der Waals surface area contributed by atoms with Crippen LogP contribution in [0.15, 0.2) is 23.1 Å². The highest BCUT2D eigenvalue weighted by Gasteiger charge is 2.42. The highest BCUT2D eigenvalue weighted by molar-refractivity contribution is 5.93. The molecule has 1 fully saturated rings. The summed E-state index contributed by atoms with van der Waals surface area (Å²) in [4.78, 5) is 37.4. The van der Waals surface area contributed by atoms with Crippen molar-refractivity contribution in [3.05, 3.63) is 36.0 Å². The van der Waals surface area contributed by atoms with E-state index < -0.39 is 17.7 Å². The SMILES string of the molecule is Cc1noc([C@@H]2CN(C(=O)c3ccncn3)C[C@H]2C(N)=O)n1. The van der Waals surface area contributed by atoms with E-state index in [4.69, 9.17) is 10.3 Å². The largest absolute Gasteiger partial charge is 0.369 e. The molecule has 2 N–H and O–H groups in total. The lowest BCUT2D eigenvalue weighted by atomic mass is 9.95. The first-order valence-electron chi connectivity index (χ1n) is 6.71. The standard InChI is InChI=1S/C13H14N6O3/c1-7-17-12(22-18-7)9-5-19(4-8(9)11(14)20)13(21)10-2-3-15-6-16-10/h2-3,6,8-9H,4-5H2,1H3,(H2,14,20)/t8-,9-/m1/s1. The second kappa shape index (κ2) is 5.51. The van der Waals surface area contributed by atoms with Gasteiger partial charge >= 0.3 is 0 Å². The van der Waals surface area contributed by atoms with E-state index in [1.165, 1.54) is 23.5 Å². The Bertz CT molecular complexity index is 701. The Morgan fingerprint density at radius 3 is 2.82 bits per heavy atom. The molecule has 0 bridgehead atoms. The molecule has 2 amide bonds. The molecule has 0 radical (unpaired) electrons. The van der Waals surface area contributed by atoms with Gasteiger partial charge in [0.05, 0.1) is 11.8 Å². The molecule has 1 aliphatic rings. The van der Waals surface area contributed by atoms with E-state index in [1.54, 1.807) is 6.92 Å². The van der Waals surface area contributed by atoms with Crippen molar-refractivity contribution in [2.45, 2.75) is 12.8 Å². The topological polar surface area (TPSA) is 128 Å². The number of amides is 2. The van der Waals surface area contributed by atoms with Gasteiger partial charge in [-0.05, 0) is 13.0 Å². The Hall–Kier alpha value is -2.84. The molecule has 3 rings (SSSR count). The van der Waals surface area contributed by atoms with Gasteiger partial charge in [-0.3, -0.25) is 9.59 Å². The molecule has 114 valence electrons. The number of hydrogen-bond donors (Lipinski definition) is 1. The summed E-state index contributed by atoms with van der Waals surface area (Å²) < 4.78 is 5.13. The number of rotatable bonds is 3. The summed E-state index contributed by atoms with van der Waals surface area (Å²) in [5, 5.41) is 3.72. The summed E-state index contributed by atoms with van der Waals surface area (Å²) in [7, 11) is 0. The second-order valence-corrected chi connectivity index (χ2v) is 5.10. The lowest BCUT2D eigenvalue weighted by Gasteiger charge is -2.14. The van der Waals surface area contributed by atoms with Crippen LogP contribution in [0.2, 0.25) is 0 Å². The normalized spacial score (nSPS) is 21.0. The van der Waals surface area contributed by atoms with Crippen LogP contribution in [-0.2, 0) is 4.79 Å². The number of likely N-dealkylation sites (tertiary alicyclic amines) is 1. The molecule has 0 aliphatic carbocycles. The maximum atomic E-state index is 12.4. The molecule has 3 heterocycles. The number of hydrogen-bond acceptors (Lipinski definition) is 7. The van der Waals surface area contributed by atoms with Crippen LogP contribution in [-0.4, -0.2) is 49.9 Å². The monoisotopic (exact) mass is 302 g/mol. The van der Waals surface area contributed by atoms with E-state index in [-0.39, 0.29) is 24.7 Å². The van der Waals surface area contributed by atoms with Gasteiger partial charge in [-0.2, -0.15) is 4.98 Å². The quantitative estimate of drug-likeness (QED) is 0.810. The van der Waals surface area contributed by atoms with Crippen molar-refractivity contribution in [3.63, 3.8) is 0 Å². The average Bonchev–Trinajstić information content (AvgIpc) is 3.13. The summed E-state index contributed by atoms with van der Waals surface area (Å²) in [5.41, 5.74) is 5.71. The number of carbonyl (C=O) groups excluding carboxylic acids is 2. The fourth-order valence-electron chi connectivity index (χ4n) is 2.55. The minimum Gasteiger partial charge on any atom is -0.369 e. The Morgan fingerprint density at radius 2 is 2.23 bits per heavy atom. The Balaban J connectivity index is 1.84. The lowest BCUT2D eigenvalue weighted by molar-refractivity contribution is -0.121. The van der Waals surface area contributed by atoms with Gasteiger partial charge in [-0.25, -0.2) is 9.97 Å². The third kappa shape index (κ3) is 2.52. The van der Waals surface area contributed by atoms with Crippen molar-refractivity contribution < 1.29 is 14.1 Å². The van der Waals surface area contributed by atoms with Gasteiger partial charge in [0.25, 0.3) is 5.91 Å². The molecule has 22 heavy (non-hydrogen) atoms. The van der Waals surface area contributed by atoms with Crippen molar-refractivity contribution >= 4 is 11.8 Å². The maximum absolute atomic E-state index is 12.4. The van der Waals surface area contributed by atoms with Crippen LogP contribution in [0.4, 0.5) is 0 Å². The van der Waals surface area contributed by atoms with E-state index in [0.29, 0.717) is 11.7 Å². The van der Waals surface area contributed by atoms with Gasteiger partial charge in [-0.1, -0.05) is 5.16 Å². The van der Waals surface area contributed by atoms with Crippen LogP contribution < -0.4 is 5.73 Å². The molecule has 0 spiro atoms. The van der Waals surface area contributed by atoms with Crippen LogP contribution in [0.3, 0.4) is 0 Å². The molecular formula is C13H14N6O3. The zero-order valence-corrected chi connectivity index (χ0v) is 11.8. The smallest absolute Gasteiger partial charge is 0.272 e. The van der Waals surface area contributed by atoms with E-state index in [0.717, 1.165) is 0 Å². The first-order chi connectivity index (χ1) is 10.6. The Morgan fingerprint density at radius 1 is 1.41 bits per heavy atom. The molecule has 9 heteroatoms. The second-order valence-electron chi connectivity index (χ2n) is 5.10. The number of carbonyl (C=O) groups is 2. The summed E-state index contributed by atoms with van der Waals surface area (Å²) in [5.74, 6) is -0.959. The van der Waals surface area contributed by atoms with E-state index in [9.17, 15) is 9.59 Å². The summed E-state index contributed by atoms with van der Waals surface area (Å²) in [6.45, 7) is 2.16. The molecule has 1 saturated heterocycles. The third-order valence-corrected chi connectivity index (χ3v) is 3.63. The van der Waals surface area contributed by atoms with Gasteiger partial charge < -0.3 is 15.2 Å². The van der Waals surface area contributed by atoms with Gasteiger partial charge in [0, 0.05) is 19.3 Å². The highest BCUT2D eigenvalue weighted by atomic mass is 16.5. The number of nitrogens with two attached hydrogens (primary N) is 1. The first-order valence-corrected chi connectivity index (χ1v) is 6.71. The molecular weight excluding hydrogens is 288 g/mol. The fourth-order valence-corrected chi connectivity index (χ4v) is 2.55. The number of aryl methyl sites for hydroxylation is 1. The van der Waals surface area contributed by atoms with Gasteiger partial charge in [0.1, 0.15) is 12.0 Å². The first kappa shape index (κ1) is 14.1. The van der Waals surface area contributed by atoms with Crippen LogP contribution in [0.25, 0.3) is 0 Å². The molecule has 0 unspecified atom stereocenters. The van der Waals surface area contributed by atoms with E-state index >= 15 is 0 Å². The van der Waals surface area contributed by atoms with E-state index in [2.05, 4.69) is 20.1 Å². The molecule has 0 saturated carbocycles. The maximum Gasteiger partial charge on any atom is 0.272 e. The Kier molecular flexibility index (Phi) is 3.53. The van der Waals surface area contributed by atoms with Crippen molar-refractivity contribution in [1.82, 2.24) is 25.0 Å². The van der Waals surface area contributed by atoms with Gasteiger partial charge in [0.15, 0.2) is 5.82 Å². The third-order valence-electron chi connectivity index (χ3n) is 3.63. The summed E-state index contributed by atoms with van der Waals surface area (Å²) in [6, 6.07) is 1.52. The molecule has 1 aliphatic heterocycles. The predicted molar refractivity (Wildman–Crippen MR) is 72.4 cm³/mol. The minimum absolute atomic E-state index is 0.199. The number of nitrogens with zero attached hydrogens (tertiary/aromatic N) is 5. The van der Waals surface area contributed by atoms with Gasteiger partial charge in [0.2, 0.25) is 11.8 Å². The van der Waals surface area contributed by atoms with Crippen LogP contribution in [0.5, 0.6) is 0 Å². The van der Waals surface area contributed by atoms with Crippen molar-refractivity contribution in [1.29, 1.82) is 0 Å². The summed E-state index contributed by atoms with van der Waals surface area (Å²) >= 11 is 0.